The van der Waals surface area contributed by atoms with E-state index in [1.165, 1.54) is 16.6 Å². The molecule has 0 amide bonds. The minimum absolute atomic E-state index is 0.228. The Morgan fingerprint density at radius 3 is 2.35 bits per heavy atom. The van der Waals surface area contributed by atoms with E-state index in [0.29, 0.717) is 0 Å². The molecule has 0 atom stereocenters. The van der Waals surface area contributed by atoms with Crippen LogP contribution in [0.1, 0.15) is 44.1 Å². The first-order chi connectivity index (χ1) is 10.9. The molecule has 3 aromatic rings. The zero-order chi connectivity index (χ0) is 16.4. The Hall–Kier alpha value is -2.09. The highest BCUT2D eigenvalue weighted by molar-refractivity contribution is 5.75. The molecule has 0 unspecified atom stereocenters. The molecule has 120 valence electrons. The second-order valence-corrected chi connectivity index (χ2v) is 7.35. The van der Waals surface area contributed by atoms with E-state index >= 15 is 0 Å². The van der Waals surface area contributed by atoms with Gasteiger partial charge in [0.05, 0.1) is 11.0 Å². The first kappa shape index (κ1) is 15.8. The standard InChI is InChI=1S/C21H26N2/c1-16-22-19-9-5-6-10-20(19)23(16)15-7-8-17-11-13-18(14-12-17)21(2,3)4/h5-6,9-14H,7-8,15H2,1-4H3. The van der Waals surface area contributed by atoms with Crippen LogP contribution in [0.3, 0.4) is 0 Å². The molecular formula is C21H26N2. The normalized spacial score (nSPS) is 12.0. The number of imidazole rings is 1. The smallest absolute Gasteiger partial charge is 0.106 e. The molecule has 0 bridgehead atoms. The molecule has 0 fully saturated rings. The average molecular weight is 306 g/mol. The molecule has 3 rings (SSSR count). The van der Waals surface area contributed by atoms with E-state index in [-0.39, 0.29) is 5.41 Å². The summed E-state index contributed by atoms with van der Waals surface area (Å²) in [7, 11) is 0. The van der Waals surface area contributed by atoms with Gasteiger partial charge in [-0.3, -0.25) is 0 Å². The Kier molecular flexibility index (Phi) is 4.25. The van der Waals surface area contributed by atoms with Crippen molar-refractivity contribution in [2.75, 3.05) is 0 Å². The number of nitrogens with zero attached hydrogens (tertiary/aromatic N) is 2. The highest BCUT2D eigenvalue weighted by Gasteiger charge is 2.12. The topological polar surface area (TPSA) is 17.8 Å². The van der Waals surface area contributed by atoms with Crippen molar-refractivity contribution in [3.8, 4) is 0 Å². The third-order valence-corrected chi connectivity index (χ3v) is 4.51. The van der Waals surface area contributed by atoms with Crippen molar-refractivity contribution in [2.24, 2.45) is 0 Å². The summed E-state index contributed by atoms with van der Waals surface area (Å²) in [5.74, 6) is 1.11. The van der Waals surface area contributed by atoms with Crippen molar-refractivity contribution in [1.29, 1.82) is 0 Å². The maximum absolute atomic E-state index is 4.64. The molecule has 0 aliphatic rings. The summed E-state index contributed by atoms with van der Waals surface area (Å²) < 4.78 is 2.33. The van der Waals surface area contributed by atoms with Crippen LogP contribution in [-0.4, -0.2) is 9.55 Å². The van der Waals surface area contributed by atoms with E-state index in [1.807, 2.05) is 0 Å². The highest BCUT2D eigenvalue weighted by Crippen LogP contribution is 2.23. The number of aromatic nitrogens is 2. The minimum atomic E-state index is 0.228. The van der Waals surface area contributed by atoms with Gasteiger partial charge in [0.15, 0.2) is 0 Å². The number of benzene rings is 2. The number of rotatable bonds is 4. The van der Waals surface area contributed by atoms with E-state index in [2.05, 4.69) is 85.8 Å². The number of hydrogen-bond acceptors (Lipinski definition) is 1. The first-order valence-electron chi connectivity index (χ1n) is 8.46. The highest BCUT2D eigenvalue weighted by atomic mass is 15.1. The van der Waals surface area contributed by atoms with Crippen LogP contribution in [-0.2, 0) is 18.4 Å². The Bertz CT molecular complexity index is 789. The van der Waals surface area contributed by atoms with Crippen LogP contribution in [0.4, 0.5) is 0 Å². The molecule has 1 aromatic heterocycles. The fourth-order valence-corrected chi connectivity index (χ4v) is 3.09. The van der Waals surface area contributed by atoms with Crippen LogP contribution in [0.2, 0.25) is 0 Å². The third kappa shape index (κ3) is 3.47. The summed E-state index contributed by atoms with van der Waals surface area (Å²) in [6.45, 7) is 9.89. The van der Waals surface area contributed by atoms with E-state index in [9.17, 15) is 0 Å². The van der Waals surface area contributed by atoms with Gasteiger partial charge < -0.3 is 4.57 Å². The second-order valence-electron chi connectivity index (χ2n) is 7.35. The summed E-state index contributed by atoms with van der Waals surface area (Å²) in [6.07, 6.45) is 2.24. The average Bonchev–Trinajstić information content (AvgIpc) is 2.83. The molecule has 0 spiro atoms. The summed E-state index contributed by atoms with van der Waals surface area (Å²) in [5.41, 5.74) is 5.39. The SMILES string of the molecule is Cc1nc2ccccc2n1CCCc1ccc(C(C)(C)C)cc1. The van der Waals surface area contributed by atoms with Gasteiger partial charge in [-0.05, 0) is 48.4 Å². The van der Waals surface area contributed by atoms with E-state index in [0.717, 1.165) is 30.7 Å². The van der Waals surface area contributed by atoms with Gasteiger partial charge in [-0.2, -0.15) is 0 Å². The molecule has 0 saturated carbocycles. The first-order valence-corrected chi connectivity index (χ1v) is 8.46. The van der Waals surface area contributed by atoms with E-state index in [1.54, 1.807) is 0 Å². The van der Waals surface area contributed by atoms with E-state index in [4.69, 9.17) is 0 Å². The fraction of sp³-hybridized carbons (Fsp3) is 0.381. The van der Waals surface area contributed by atoms with Gasteiger partial charge >= 0.3 is 0 Å². The van der Waals surface area contributed by atoms with Crippen LogP contribution < -0.4 is 0 Å². The Labute approximate surface area is 139 Å². The lowest BCUT2D eigenvalue weighted by Crippen LogP contribution is -2.10. The molecule has 2 heteroatoms. The van der Waals surface area contributed by atoms with Crippen LogP contribution >= 0.6 is 0 Å². The number of fused-ring (bicyclic) bond motifs is 1. The largest absolute Gasteiger partial charge is 0.328 e. The lowest BCUT2D eigenvalue weighted by atomic mass is 9.86. The van der Waals surface area contributed by atoms with Gasteiger partial charge in [0.25, 0.3) is 0 Å². The molecule has 0 aliphatic heterocycles. The predicted octanol–water partition coefficient (Wildman–Crippen LogP) is 5.28. The molecule has 23 heavy (non-hydrogen) atoms. The van der Waals surface area contributed by atoms with Crippen molar-refractivity contribution in [2.45, 2.75) is 52.5 Å². The van der Waals surface area contributed by atoms with Gasteiger partial charge in [0.1, 0.15) is 5.82 Å². The molecule has 0 saturated heterocycles. The molecule has 0 radical (unpaired) electrons. The van der Waals surface area contributed by atoms with Crippen molar-refractivity contribution < 1.29 is 0 Å². The third-order valence-electron chi connectivity index (χ3n) is 4.51. The molecule has 0 aliphatic carbocycles. The Balaban J connectivity index is 1.66. The zero-order valence-corrected chi connectivity index (χ0v) is 14.6. The van der Waals surface area contributed by atoms with Crippen LogP contribution in [0.5, 0.6) is 0 Å². The number of aryl methyl sites for hydroxylation is 3. The van der Waals surface area contributed by atoms with Gasteiger partial charge in [0.2, 0.25) is 0 Å². The van der Waals surface area contributed by atoms with Crippen molar-refractivity contribution in [3.05, 3.63) is 65.5 Å². The lowest BCUT2D eigenvalue weighted by Gasteiger charge is -2.19. The second kappa shape index (κ2) is 6.19. The van der Waals surface area contributed by atoms with Crippen LogP contribution in [0.25, 0.3) is 11.0 Å². The monoisotopic (exact) mass is 306 g/mol. The van der Waals surface area contributed by atoms with Gasteiger partial charge in [-0.1, -0.05) is 57.2 Å². The fourth-order valence-electron chi connectivity index (χ4n) is 3.09. The maximum atomic E-state index is 4.64. The summed E-state index contributed by atoms with van der Waals surface area (Å²) in [4.78, 5) is 4.64. The zero-order valence-electron chi connectivity index (χ0n) is 14.6. The van der Waals surface area contributed by atoms with Crippen molar-refractivity contribution >= 4 is 11.0 Å². The summed E-state index contributed by atoms with van der Waals surface area (Å²) >= 11 is 0. The summed E-state index contributed by atoms with van der Waals surface area (Å²) in [6, 6.07) is 17.5. The molecule has 2 nitrogen and oxygen atoms in total. The number of hydrogen-bond donors (Lipinski definition) is 0. The number of para-hydroxylation sites is 2. The Morgan fingerprint density at radius 2 is 1.65 bits per heavy atom. The van der Waals surface area contributed by atoms with Gasteiger partial charge in [-0.15, -0.1) is 0 Å². The maximum Gasteiger partial charge on any atom is 0.106 e. The van der Waals surface area contributed by atoms with Crippen LogP contribution in [0.15, 0.2) is 48.5 Å². The van der Waals surface area contributed by atoms with Crippen molar-refractivity contribution in [1.82, 2.24) is 9.55 Å². The Morgan fingerprint density at radius 1 is 0.957 bits per heavy atom. The molecule has 0 N–H and O–H groups in total. The molecule has 1 heterocycles. The van der Waals surface area contributed by atoms with Crippen LogP contribution in [0, 0.1) is 6.92 Å². The van der Waals surface area contributed by atoms with E-state index < -0.39 is 0 Å². The van der Waals surface area contributed by atoms with Gasteiger partial charge in [0, 0.05) is 6.54 Å². The summed E-state index contributed by atoms with van der Waals surface area (Å²) in [5, 5.41) is 0. The van der Waals surface area contributed by atoms with Crippen molar-refractivity contribution in [3.63, 3.8) is 0 Å². The van der Waals surface area contributed by atoms with Gasteiger partial charge in [-0.25, -0.2) is 4.98 Å². The minimum Gasteiger partial charge on any atom is -0.328 e. The quantitative estimate of drug-likeness (QED) is 0.641. The molecular weight excluding hydrogens is 280 g/mol. The molecule has 2 aromatic carbocycles. The lowest BCUT2D eigenvalue weighted by molar-refractivity contribution is 0.589. The predicted molar refractivity (Wildman–Crippen MR) is 97.9 cm³/mol.